The summed E-state index contributed by atoms with van der Waals surface area (Å²) < 4.78 is 11.6. The Balaban J connectivity index is 2.37. The van der Waals surface area contributed by atoms with E-state index in [2.05, 4.69) is 10.2 Å². The fraction of sp³-hybridized carbons (Fsp3) is 0.188. The molecule has 0 saturated carbocycles. The molecule has 0 spiro atoms. The van der Waals surface area contributed by atoms with Crippen LogP contribution in [0.5, 0.6) is 5.75 Å². The zero-order valence-electron chi connectivity index (χ0n) is 13.2. The minimum absolute atomic E-state index is 0.109. The second-order valence-electron chi connectivity index (χ2n) is 5.13. The van der Waals surface area contributed by atoms with E-state index in [0.29, 0.717) is 10.9 Å². The average molecular weight is 327 g/mol. The van der Waals surface area contributed by atoms with Gasteiger partial charge < -0.3 is 13.7 Å². The third-order valence-electron chi connectivity index (χ3n) is 3.45. The lowest BCUT2D eigenvalue weighted by atomic mass is 10.1. The number of hydrogen-bond donors (Lipinski definition) is 0. The number of benzene rings is 1. The van der Waals surface area contributed by atoms with Crippen LogP contribution >= 0.6 is 0 Å². The number of ketones is 1. The molecular weight excluding hydrogens is 314 g/mol. The smallest absolute Gasteiger partial charge is 0.308 e. The molecule has 0 aliphatic rings. The number of hydrogen-bond acceptors (Lipinski definition) is 7. The van der Waals surface area contributed by atoms with E-state index in [9.17, 15) is 14.4 Å². The SMILES string of the molecule is CC(=O)Oc1c(C(=O)c2nnc(C)o2)c(=O)n(C)c2ccccc12. The Hall–Kier alpha value is -3.29. The minimum Gasteiger partial charge on any atom is -0.425 e. The summed E-state index contributed by atoms with van der Waals surface area (Å²) in [5.41, 5.74) is -0.419. The van der Waals surface area contributed by atoms with Crippen molar-refractivity contribution in [2.75, 3.05) is 0 Å². The minimum atomic E-state index is -0.793. The first-order valence-electron chi connectivity index (χ1n) is 7.05. The van der Waals surface area contributed by atoms with E-state index in [1.807, 2.05) is 0 Å². The fourth-order valence-corrected chi connectivity index (χ4v) is 2.41. The molecule has 0 saturated heterocycles. The summed E-state index contributed by atoms with van der Waals surface area (Å²) in [7, 11) is 1.53. The largest absolute Gasteiger partial charge is 0.425 e. The van der Waals surface area contributed by atoms with Gasteiger partial charge in [0.25, 0.3) is 17.2 Å². The highest BCUT2D eigenvalue weighted by molar-refractivity contribution is 6.11. The predicted molar refractivity (Wildman–Crippen MR) is 83.0 cm³/mol. The molecule has 122 valence electrons. The van der Waals surface area contributed by atoms with E-state index >= 15 is 0 Å². The zero-order chi connectivity index (χ0) is 17.4. The molecule has 0 N–H and O–H groups in total. The summed E-state index contributed by atoms with van der Waals surface area (Å²) >= 11 is 0. The Kier molecular flexibility index (Phi) is 3.72. The Bertz CT molecular complexity index is 1030. The molecular formula is C16H13N3O5. The van der Waals surface area contributed by atoms with Crippen molar-refractivity contribution in [2.45, 2.75) is 13.8 Å². The maximum atomic E-state index is 12.7. The number of esters is 1. The first-order valence-corrected chi connectivity index (χ1v) is 7.05. The van der Waals surface area contributed by atoms with Crippen LogP contribution < -0.4 is 10.3 Å². The maximum absolute atomic E-state index is 12.7. The summed E-state index contributed by atoms with van der Waals surface area (Å²) in [5, 5.41) is 7.68. The third kappa shape index (κ3) is 2.47. The van der Waals surface area contributed by atoms with Crippen molar-refractivity contribution in [2.24, 2.45) is 7.05 Å². The molecule has 3 aromatic rings. The van der Waals surface area contributed by atoms with Crippen molar-refractivity contribution in [3.63, 3.8) is 0 Å². The molecule has 0 bridgehead atoms. The number of rotatable bonds is 3. The summed E-state index contributed by atoms with van der Waals surface area (Å²) in [5.74, 6) is -1.71. The quantitative estimate of drug-likeness (QED) is 0.528. The van der Waals surface area contributed by atoms with Crippen LogP contribution in [0.1, 0.15) is 29.1 Å². The summed E-state index contributed by atoms with van der Waals surface area (Å²) in [6, 6.07) is 6.80. The van der Waals surface area contributed by atoms with Crippen LogP contribution in [-0.4, -0.2) is 26.5 Å². The van der Waals surface area contributed by atoms with E-state index in [0.717, 1.165) is 0 Å². The Labute approximate surface area is 135 Å². The fourth-order valence-electron chi connectivity index (χ4n) is 2.41. The van der Waals surface area contributed by atoms with Crippen molar-refractivity contribution in [3.05, 3.63) is 52.0 Å². The molecule has 0 aliphatic heterocycles. The van der Waals surface area contributed by atoms with Crippen molar-refractivity contribution in [3.8, 4) is 5.75 Å². The van der Waals surface area contributed by atoms with Gasteiger partial charge in [0, 0.05) is 26.3 Å². The van der Waals surface area contributed by atoms with Gasteiger partial charge in [-0.15, -0.1) is 10.2 Å². The molecule has 1 aromatic carbocycles. The number of aryl methyl sites for hydroxylation is 2. The van der Waals surface area contributed by atoms with Gasteiger partial charge in [0.05, 0.1) is 5.52 Å². The molecule has 0 amide bonds. The molecule has 0 radical (unpaired) electrons. The van der Waals surface area contributed by atoms with E-state index in [1.54, 1.807) is 24.3 Å². The van der Waals surface area contributed by atoms with Crippen LogP contribution in [0.25, 0.3) is 10.9 Å². The summed E-state index contributed by atoms with van der Waals surface area (Å²) in [6.45, 7) is 2.71. The second kappa shape index (κ2) is 5.73. The zero-order valence-corrected chi connectivity index (χ0v) is 13.2. The molecule has 0 fully saturated rings. The van der Waals surface area contributed by atoms with Gasteiger partial charge in [-0.25, -0.2) is 0 Å². The number of pyridine rings is 1. The van der Waals surface area contributed by atoms with E-state index in [4.69, 9.17) is 9.15 Å². The van der Waals surface area contributed by atoms with Crippen LogP contribution in [0.4, 0.5) is 0 Å². The highest BCUT2D eigenvalue weighted by atomic mass is 16.5. The average Bonchev–Trinajstić information content (AvgIpc) is 2.98. The van der Waals surface area contributed by atoms with Crippen molar-refractivity contribution in [1.29, 1.82) is 0 Å². The molecule has 8 heteroatoms. The lowest BCUT2D eigenvalue weighted by Gasteiger charge is -2.13. The van der Waals surface area contributed by atoms with Crippen molar-refractivity contribution in [1.82, 2.24) is 14.8 Å². The number of carbonyl (C=O) groups is 2. The molecule has 2 heterocycles. The molecule has 8 nitrogen and oxygen atoms in total. The van der Waals surface area contributed by atoms with Crippen molar-refractivity contribution < 1.29 is 18.7 Å². The van der Waals surface area contributed by atoms with Gasteiger partial charge in [0.2, 0.25) is 5.89 Å². The van der Waals surface area contributed by atoms with Gasteiger partial charge in [-0.05, 0) is 12.1 Å². The van der Waals surface area contributed by atoms with Crippen LogP contribution in [0, 0.1) is 6.92 Å². The van der Waals surface area contributed by atoms with E-state index in [-0.39, 0.29) is 23.1 Å². The van der Waals surface area contributed by atoms with Crippen LogP contribution in [-0.2, 0) is 11.8 Å². The van der Waals surface area contributed by atoms with Crippen LogP contribution in [0.2, 0.25) is 0 Å². The Morgan fingerprint density at radius 2 is 1.92 bits per heavy atom. The van der Waals surface area contributed by atoms with Gasteiger partial charge in [0.1, 0.15) is 5.56 Å². The van der Waals surface area contributed by atoms with Crippen LogP contribution in [0.3, 0.4) is 0 Å². The lowest BCUT2D eigenvalue weighted by Crippen LogP contribution is -2.27. The number of aromatic nitrogens is 3. The Morgan fingerprint density at radius 1 is 1.21 bits per heavy atom. The van der Waals surface area contributed by atoms with Gasteiger partial charge in [-0.3, -0.25) is 14.4 Å². The molecule has 2 aromatic heterocycles. The van der Waals surface area contributed by atoms with Gasteiger partial charge in [0.15, 0.2) is 5.75 Å². The predicted octanol–water partition coefficient (Wildman–Crippen LogP) is 1.39. The second-order valence-corrected chi connectivity index (χ2v) is 5.13. The first kappa shape index (κ1) is 15.6. The Morgan fingerprint density at radius 3 is 2.54 bits per heavy atom. The first-order chi connectivity index (χ1) is 11.4. The maximum Gasteiger partial charge on any atom is 0.308 e. The summed E-state index contributed by atoms with van der Waals surface area (Å²) in [4.78, 5) is 36.8. The highest BCUT2D eigenvalue weighted by Crippen LogP contribution is 2.28. The number of carbonyl (C=O) groups excluding carboxylic acids is 2. The van der Waals surface area contributed by atoms with Crippen molar-refractivity contribution >= 4 is 22.7 Å². The molecule has 3 rings (SSSR count). The number of para-hydroxylation sites is 1. The lowest BCUT2D eigenvalue weighted by molar-refractivity contribution is -0.131. The van der Waals surface area contributed by atoms with E-state index in [1.165, 1.54) is 25.5 Å². The van der Waals surface area contributed by atoms with Gasteiger partial charge in [-0.2, -0.15) is 0 Å². The summed E-state index contributed by atoms with van der Waals surface area (Å²) in [6.07, 6.45) is 0. The number of ether oxygens (including phenoxy) is 1. The standard InChI is InChI=1S/C16H13N3O5/c1-8-17-18-15(23-8)13(21)12-14(24-9(2)20)10-6-4-5-7-11(10)19(3)16(12)22/h4-7H,1-3H3. The monoisotopic (exact) mass is 327 g/mol. The van der Waals surface area contributed by atoms with E-state index < -0.39 is 17.3 Å². The number of nitrogens with zero attached hydrogens (tertiary/aromatic N) is 3. The molecule has 0 atom stereocenters. The third-order valence-corrected chi connectivity index (χ3v) is 3.45. The molecule has 0 unspecified atom stereocenters. The normalized spacial score (nSPS) is 10.8. The van der Waals surface area contributed by atoms with Gasteiger partial charge in [-0.1, -0.05) is 12.1 Å². The number of fused-ring (bicyclic) bond motifs is 1. The van der Waals surface area contributed by atoms with Gasteiger partial charge >= 0.3 is 5.97 Å². The topological polar surface area (TPSA) is 104 Å². The molecule has 24 heavy (non-hydrogen) atoms. The van der Waals surface area contributed by atoms with Crippen LogP contribution in [0.15, 0.2) is 33.5 Å². The highest BCUT2D eigenvalue weighted by Gasteiger charge is 2.28. The molecule has 0 aliphatic carbocycles.